The van der Waals surface area contributed by atoms with E-state index in [-0.39, 0.29) is 0 Å². The summed E-state index contributed by atoms with van der Waals surface area (Å²) in [6.07, 6.45) is 0.223. The fourth-order valence-corrected chi connectivity index (χ4v) is 2.73. The van der Waals surface area contributed by atoms with Crippen LogP contribution in [0.15, 0.2) is 18.2 Å². The maximum Gasteiger partial charge on any atom is 0.417 e. The van der Waals surface area contributed by atoms with E-state index in [1.54, 1.807) is 0 Å². The highest BCUT2D eigenvalue weighted by atomic mass is 19.4. The quantitative estimate of drug-likeness (QED) is 0.425. The minimum absolute atomic E-state index is 0.416. The van der Waals surface area contributed by atoms with Crippen molar-refractivity contribution in [3.05, 3.63) is 35.1 Å². The highest BCUT2D eigenvalue weighted by molar-refractivity contribution is 5.99. The lowest BCUT2D eigenvalue weighted by atomic mass is 9.88. The first-order valence-electron chi connectivity index (χ1n) is 6.80. The molecule has 1 aliphatic rings. The highest BCUT2D eigenvalue weighted by Gasteiger charge is 2.36. The van der Waals surface area contributed by atoms with Gasteiger partial charge in [-0.1, -0.05) is 25.7 Å². The van der Waals surface area contributed by atoms with Gasteiger partial charge in [-0.25, -0.2) is 4.39 Å². The van der Waals surface area contributed by atoms with Crippen LogP contribution in [0.1, 0.15) is 54.4 Å². The van der Waals surface area contributed by atoms with E-state index in [1.807, 2.05) is 0 Å². The molecule has 0 amide bonds. The Morgan fingerprint density at radius 3 is 2.20 bits per heavy atom. The molecule has 0 unspecified atom stereocenters. The largest absolute Gasteiger partial charge is 0.417 e. The standard InChI is InChI=1S/C15H16F4O/c16-11-7-8-13(15(17,18)19)12(9-11)14(20)10-5-3-1-2-4-6-10/h7-10H,1-6H2. The lowest BCUT2D eigenvalue weighted by Gasteiger charge is -2.17. The summed E-state index contributed by atoms with van der Waals surface area (Å²) in [6.45, 7) is 0. The van der Waals surface area contributed by atoms with Crippen molar-refractivity contribution in [3.8, 4) is 0 Å². The lowest BCUT2D eigenvalue weighted by Crippen LogP contribution is -2.20. The number of ketones is 1. The van der Waals surface area contributed by atoms with Crippen LogP contribution in [-0.2, 0) is 6.18 Å². The van der Waals surface area contributed by atoms with Gasteiger partial charge in [0.1, 0.15) is 5.82 Å². The molecule has 0 N–H and O–H groups in total. The summed E-state index contributed by atoms with van der Waals surface area (Å²) in [4.78, 5) is 12.3. The Bertz CT molecular complexity index is 485. The van der Waals surface area contributed by atoms with Crippen molar-refractivity contribution in [2.75, 3.05) is 0 Å². The summed E-state index contributed by atoms with van der Waals surface area (Å²) in [5, 5.41) is 0. The van der Waals surface area contributed by atoms with E-state index < -0.39 is 34.8 Å². The summed E-state index contributed by atoms with van der Waals surface area (Å²) in [5.41, 5.74) is -1.56. The molecule has 0 aromatic heterocycles. The number of hydrogen-bond acceptors (Lipinski definition) is 1. The maximum atomic E-state index is 13.2. The molecule has 1 nitrogen and oxygen atoms in total. The molecule has 0 radical (unpaired) electrons. The van der Waals surface area contributed by atoms with Gasteiger partial charge in [0.25, 0.3) is 0 Å². The Balaban J connectivity index is 2.35. The molecule has 20 heavy (non-hydrogen) atoms. The number of hydrogen-bond donors (Lipinski definition) is 0. The van der Waals surface area contributed by atoms with Crippen molar-refractivity contribution >= 4 is 5.78 Å². The third-order valence-corrected chi connectivity index (χ3v) is 3.78. The van der Waals surface area contributed by atoms with Gasteiger partial charge in [0.2, 0.25) is 0 Å². The van der Waals surface area contributed by atoms with Gasteiger partial charge in [-0.15, -0.1) is 0 Å². The molecule has 1 fully saturated rings. The molecular weight excluding hydrogens is 272 g/mol. The molecule has 0 aliphatic heterocycles. The van der Waals surface area contributed by atoms with Crippen LogP contribution in [0.2, 0.25) is 0 Å². The topological polar surface area (TPSA) is 17.1 Å². The van der Waals surface area contributed by atoms with Crippen LogP contribution in [-0.4, -0.2) is 5.78 Å². The van der Waals surface area contributed by atoms with Gasteiger partial charge < -0.3 is 0 Å². The number of carbonyl (C=O) groups excluding carboxylic acids is 1. The van der Waals surface area contributed by atoms with Crippen molar-refractivity contribution in [2.24, 2.45) is 5.92 Å². The number of Topliss-reactive ketones (excluding diaryl/α,β-unsaturated/α-hetero) is 1. The van der Waals surface area contributed by atoms with Gasteiger partial charge in [-0.2, -0.15) is 13.2 Å². The minimum Gasteiger partial charge on any atom is -0.294 e. The van der Waals surface area contributed by atoms with Crippen molar-refractivity contribution < 1.29 is 22.4 Å². The monoisotopic (exact) mass is 288 g/mol. The SMILES string of the molecule is O=C(c1cc(F)ccc1C(F)(F)F)C1CCCCCC1. The van der Waals surface area contributed by atoms with Crippen molar-refractivity contribution in [1.29, 1.82) is 0 Å². The normalized spacial score (nSPS) is 17.8. The number of carbonyl (C=O) groups is 1. The van der Waals surface area contributed by atoms with Crippen molar-refractivity contribution in [2.45, 2.75) is 44.7 Å². The highest BCUT2D eigenvalue weighted by Crippen LogP contribution is 2.35. The van der Waals surface area contributed by atoms with E-state index >= 15 is 0 Å². The van der Waals surface area contributed by atoms with E-state index in [0.29, 0.717) is 18.9 Å². The molecule has 2 rings (SSSR count). The molecule has 5 heteroatoms. The van der Waals surface area contributed by atoms with Crippen molar-refractivity contribution in [3.63, 3.8) is 0 Å². The van der Waals surface area contributed by atoms with E-state index in [0.717, 1.165) is 37.8 Å². The van der Waals surface area contributed by atoms with Gasteiger partial charge in [0, 0.05) is 11.5 Å². The molecule has 0 heterocycles. The Morgan fingerprint density at radius 2 is 1.65 bits per heavy atom. The zero-order valence-electron chi connectivity index (χ0n) is 11.0. The minimum atomic E-state index is -4.64. The maximum absolute atomic E-state index is 13.2. The summed E-state index contributed by atoms with van der Waals surface area (Å²) in [6, 6.07) is 2.11. The molecule has 1 saturated carbocycles. The fraction of sp³-hybridized carbons (Fsp3) is 0.533. The average molecular weight is 288 g/mol. The molecule has 0 saturated heterocycles. The van der Waals surface area contributed by atoms with Crippen LogP contribution in [0.4, 0.5) is 17.6 Å². The van der Waals surface area contributed by atoms with Crippen LogP contribution in [0, 0.1) is 11.7 Å². The molecule has 0 atom stereocenters. The van der Waals surface area contributed by atoms with Gasteiger partial charge in [0.05, 0.1) is 5.56 Å². The molecular formula is C15H16F4O. The molecule has 0 spiro atoms. The number of rotatable bonds is 2. The van der Waals surface area contributed by atoms with E-state index in [4.69, 9.17) is 0 Å². The Hall–Kier alpha value is -1.39. The van der Waals surface area contributed by atoms with Crippen LogP contribution < -0.4 is 0 Å². The van der Waals surface area contributed by atoms with Crippen LogP contribution in [0.3, 0.4) is 0 Å². The first kappa shape index (κ1) is 15.0. The second kappa shape index (κ2) is 5.94. The molecule has 1 aliphatic carbocycles. The Morgan fingerprint density at radius 1 is 1.05 bits per heavy atom. The van der Waals surface area contributed by atoms with E-state index in [1.165, 1.54) is 0 Å². The summed E-state index contributed by atoms with van der Waals surface area (Å²) >= 11 is 0. The Kier molecular flexibility index (Phi) is 4.45. The fourth-order valence-electron chi connectivity index (χ4n) is 2.73. The molecule has 0 bridgehead atoms. The smallest absolute Gasteiger partial charge is 0.294 e. The average Bonchev–Trinajstić information content (AvgIpc) is 2.65. The predicted octanol–water partition coefficient (Wildman–Crippen LogP) is 5.00. The van der Waals surface area contributed by atoms with Crippen molar-refractivity contribution in [1.82, 2.24) is 0 Å². The second-order valence-electron chi connectivity index (χ2n) is 5.24. The van der Waals surface area contributed by atoms with E-state index in [9.17, 15) is 22.4 Å². The number of alkyl halides is 3. The number of benzene rings is 1. The number of halogens is 4. The third-order valence-electron chi connectivity index (χ3n) is 3.78. The molecule has 1 aromatic carbocycles. The summed E-state index contributed by atoms with van der Waals surface area (Å²) in [5.74, 6) is -1.80. The van der Waals surface area contributed by atoms with Gasteiger partial charge in [-0.05, 0) is 31.0 Å². The van der Waals surface area contributed by atoms with Crippen LogP contribution >= 0.6 is 0 Å². The van der Waals surface area contributed by atoms with Gasteiger partial charge in [0.15, 0.2) is 5.78 Å². The van der Waals surface area contributed by atoms with Gasteiger partial charge in [-0.3, -0.25) is 4.79 Å². The zero-order chi connectivity index (χ0) is 14.8. The van der Waals surface area contributed by atoms with Gasteiger partial charge >= 0.3 is 6.18 Å². The zero-order valence-corrected chi connectivity index (χ0v) is 11.0. The van der Waals surface area contributed by atoms with Crippen LogP contribution in [0.25, 0.3) is 0 Å². The van der Waals surface area contributed by atoms with Crippen LogP contribution in [0.5, 0.6) is 0 Å². The summed E-state index contributed by atoms with van der Waals surface area (Å²) in [7, 11) is 0. The first-order valence-corrected chi connectivity index (χ1v) is 6.80. The first-order chi connectivity index (χ1) is 9.39. The second-order valence-corrected chi connectivity index (χ2v) is 5.24. The molecule has 110 valence electrons. The third kappa shape index (κ3) is 3.38. The van der Waals surface area contributed by atoms with E-state index in [2.05, 4.69) is 0 Å². The Labute approximate surface area is 115 Å². The molecule has 1 aromatic rings. The predicted molar refractivity (Wildman–Crippen MR) is 66.9 cm³/mol. The summed E-state index contributed by atoms with van der Waals surface area (Å²) < 4.78 is 52.0. The lowest BCUT2D eigenvalue weighted by molar-refractivity contribution is -0.138.